The third kappa shape index (κ3) is 2.22. The number of sulfonamides is 1. The first-order valence-corrected chi connectivity index (χ1v) is 8.39. The van der Waals surface area contributed by atoms with Crippen LogP contribution in [0.15, 0.2) is 47.4 Å². The largest absolute Gasteiger partial charge is 0.505 e. The first-order valence-electron chi connectivity index (χ1n) is 6.95. The van der Waals surface area contributed by atoms with Crippen molar-refractivity contribution in [1.82, 2.24) is 4.31 Å². The molecule has 2 aromatic rings. The molecule has 1 aliphatic rings. The number of benzene rings is 2. The number of fused-ring (bicyclic) bond motifs is 1. The Morgan fingerprint density at radius 3 is 2.48 bits per heavy atom. The van der Waals surface area contributed by atoms with Gasteiger partial charge in [0.1, 0.15) is 11.5 Å². The molecule has 3 rings (SSSR count). The van der Waals surface area contributed by atoms with Crippen molar-refractivity contribution in [2.45, 2.75) is 11.8 Å². The van der Waals surface area contributed by atoms with Crippen molar-refractivity contribution in [3.05, 3.63) is 64.7 Å². The van der Waals surface area contributed by atoms with E-state index in [1.807, 2.05) is 6.92 Å². The van der Waals surface area contributed by atoms with Crippen molar-refractivity contribution >= 4 is 27.8 Å². The fourth-order valence-corrected chi connectivity index (χ4v) is 4.12. The minimum Gasteiger partial charge on any atom is -0.505 e. The summed E-state index contributed by atoms with van der Waals surface area (Å²) in [6.45, 7) is 1.83. The van der Waals surface area contributed by atoms with E-state index in [9.17, 15) is 18.3 Å². The van der Waals surface area contributed by atoms with Gasteiger partial charge in [0, 0.05) is 23.7 Å². The topological polar surface area (TPSA) is 74.7 Å². The number of carbonyl (C=O) groups excluding carboxylic acids is 1. The minimum atomic E-state index is -3.79. The van der Waals surface area contributed by atoms with Gasteiger partial charge < -0.3 is 5.11 Å². The van der Waals surface area contributed by atoms with Crippen LogP contribution in [-0.4, -0.2) is 31.2 Å². The maximum absolute atomic E-state index is 12.7. The van der Waals surface area contributed by atoms with Gasteiger partial charge in [-0.05, 0) is 25.1 Å². The Balaban J connectivity index is 2.40. The molecule has 0 saturated carbocycles. The molecule has 0 atom stereocenters. The second kappa shape index (κ2) is 5.24. The molecule has 0 amide bonds. The van der Waals surface area contributed by atoms with Crippen molar-refractivity contribution in [2.24, 2.45) is 0 Å². The van der Waals surface area contributed by atoms with E-state index in [0.717, 1.165) is 9.87 Å². The van der Waals surface area contributed by atoms with E-state index in [4.69, 9.17) is 0 Å². The molecule has 2 aromatic carbocycles. The van der Waals surface area contributed by atoms with Crippen LogP contribution in [0.4, 0.5) is 0 Å². The van der Waals surface area contributed by atoms with Gasteiger partial charge in [-0.3, -0.25) is 9.10 Å². The molecule has 1 aliphatic heterocycles. The van der Waals surface area contributed by atoms with Gasteiger partial charge in [-0.15, -0.1) is 0 Å². The normalized spacial score (nSPS) is 16.2. The van der Waals surface area contributed by atoms with Gasteiger partial charge >= 0.3 is 0 Å². The highest BCUT2D eigenvalue weighted by Crippen LogP contribution is 2.39. The molecule has 1 N–H and O–H groups in total. The Labute approximate surface area is 134 Å². The van der Waals surface area contributed by atoms with Crippen molar-refractivity contribution in [1.29, 1.82) is 0 Å². The van der Waals surface area contributed by atoms with E-state index < -0.39 is 10.0 Å². The summed E-state index contributed by atoms with van der Waals surface area (Å²) in [6.07, 6.45) is 0.649. The molecule has 0 bridgehead atoms. The predicted molar refractivity (Wildman–Crippen MR) is 87.4 cm³/mol. The number of hydrogen-bond donors (Lipinski definition) is 1. The lowest BCUT2D eigenvalue weighted by Crippen LogP contribution is -2.31. The Kier molecular flexibility index (Phi) is 3.49. The van der Waals surface area contributed by atoms with Crippen LogP contribution >= 0.6 is 0 Å². The number of carbonyl (C=O) groups is 1. The van der Waals surface area contributed by atoms with Crippen LogP contribution in [0.2, 0.25) is 0 Å². The molecular weight excluding hydrogens is 314 g/mol. The minimum absolute atomic E-state index is 0.0454. The van der Waals surface area contributed by atoms with Crippen LogP contribution in [0.5, 0.6) is 0 Å². The second-order valence-electron chi connectivity index (χ2n) is 5.37. The number of aldehydes is 1. The molecule has 0 radical (unpaired) electrons. The van der Waals surface area contributed by atoms with E-state index in [2.05, 4.69) is 0 Å². The highest BCUT2D eigenvalue weighted by molar-refractivity contribution is 7.89. The number of aliphatic hydroxyl groups is 1. The van der Waals surface area contributed by atoms with Crippen LogP contribution in [-0.2, 0) is 10.0 Å². The predicted octanol–water partition coefficient (Wildman–Crippen LogP) is 2.83. The van der Waals surface area contributed by atoms with Gasteiger partial charge in [0.05, 0.1) is 4.90 Å². The zero-order valence-electron chi connectivity index (χ0n) is 12.6. The zero-order valence-corrected chi connectivity index (χ0v) is 13.5. The zero-order chi connectivity index (χ0) is 16.8. The summed E-state index contributed by atoms with van der Waals surface area (Å²) in [7, 11) is -2.42. The summed E-state index contributed by atoms with van der Waals surface area (Å²) in [4.78, 5) is 11.4. The van der Waals surface area contributed by atoms with Gasteiger partial charge in [-0.1, -0.05) is 29.8 Å². The second-order valence-corrected chi connectivity index (χ2v) is 7.31. The van der Waals surface area contributed by atoms with Crippen molar-refractivity contribution in [2.75, 3.05) is 7.05 Å². The van der Waals surface area contributed by atoms with Crippen LogP contribution < -0.4 is 0 Å². The lowest BCUT2D eigenvalue weighted by Gasteiger charge is -2.30. The van der Waals surface area contributed by atoms with E-state index in [-0.39, 0.29) is 21.9 Å². The van der Waals surface area contributed by atoms with Crippen LogP contribution in [0.3, 0.4) is 0 Å². The summed E-state index contributed by atoms with van der Waals surface area (Å²) in [6, 6.07) is 11.3. The first-order chi connectivity index (χ1) is 10.9. The molecular formula is C17H15NO4S. The van der Waals surface area contributed by atoms with E-state index in [1.54, 1.807) is 36.4 Å². The molecule has 0 saturated heterocycles. The SMILES string of the molecule is Cc1ccc(C=O)c(C2=C(O)c3ccccc3S(=O)(=O)N2C)c1. The Bertz CT molecular complexity index is 945. The molecule has 6 heteroatoms. The average molecular weight is 329 g/mol. The number of aliphatic hydroxyl groups excluding tert-OH is 1. The third-order valence-electron chi connectivity index (χ3n) is 3.91. The highest BCUT2D eigenvalue weighted by Gasteiger charge is 2.35. The monoisotopic (exact) mass is 329 g/mol. The molecule has 5 nitrogen and oxygen atoms in total. The van der Waals surface area contributed by atoms with Crippen LogP contribution in [0.25, 0.3) is 11.5 Å². The number of hydrogen-bond acceptors (Lipinski definition) is 4. The van der Waals surface area contributed by atoms with Gasteiger partial charge in [0.2, 0.25) is 0 Å². The van der Waals surface area contributed by atoms with E-state index in [1.165, 1.54) is 13.1 Å². The van der Waals surface area contributed by atoms with Crippen molar-refractivity contribution < 1.29 is 18.3 Å². The van der Waals surface area contributed by atoms with Crippen LogP contribution in [0, 0.1) is 6.92 Å². The molecule has 118 valence electrons. The van der Waals surface area contributed by atoms with Crippen molar-refractivity contribution in [3.63, 3.8) is 0 Å². The Morgan fingerprint density at radius 1 is 1.09 bits per heavy atom. The summed E-state index contributed by atoms with van der Waals surface area (Å²) >= 11 is 0. The standard InChI is InChI=1S/C17H15NO4S/c1-11-7-8-12(10-19)14(9-11)16-17(20)13-5-3-4-6-15(13)23(21,22)18(16)2/h3-10,20H,1-2H3. The quantitative estimate of drug-likeness (QED) is 0.860. The summed E-state index contributed by atoms with van der Waals surface area (Å²) < 4.78 is 26.4. The molecule has 0 aliphatic carbocycles. The number of nitrogens with zero attached hydrogens (tertiary/aromatic N) is 1. The number of aryl methyl sites for hydroxylation is 1. The number of rotatable bonds is 2. The van der Waals surface area contributed by atoms with Gasteiger partial charge in [-0.2, -0.15) is 0 Å². The highest BCUT2D eigenvalue weighted by atomic mass is 32.2. The Hall–Kier alpha value is -2.60. The average Bonchev–Trinajstić information content (AvgIpc) is 2.54. The van der Waals surface area contributed by atoms with E-state index in [0.29, 0.717) is 17.4 Å². The molecule has 1 heterocycles. The van der Waals surface area contributed by atoms with Gasteiger partial charge in [-0.25, -0.2) is 8.42 Å². The lowest BCUT2D eigenvalue weighted by molar-refractivity contribution is 0.112. The van der Waals surface area contributed by atoms with Gasteiger partial charge in [0.25, 0.3) is 10.0 Å². The fourth-order valence-electron chi connectivity index (χ4n) is 2.71. The van der Waals surface area contributed by atoms with Gasteiger partial charge in [0.15, 0.2) is 6.29 Å². The first kappa shape index (κ1) is 15.3. The summed E-state index contributed by atoms with van der Waals surface area (Å²) in [5.74, 6) is -0.161. The Morgan fingerprint density at radius 2 is 1.78 bits per heavy atom. The molecule has 0 fully saturated rings. The maximum atomic E-state index is 12.7. The van der Waals surface area contributed by atoms with Crippen LogP contribution in [0.1, 0.15) is 27.0 Å². The molecule has 0 spiro atoms. The lowest BCUT2D eigenvalue weighted by atomic mass is 9.99. The third-order valence-corrected chi connectivity index (χ3v) is 5.73. The summed E-state index contributed by atoms with van der Waals surface area (Å²) in [5, 5.41) is 10.6. The summed E-state index contributed by atoms with van der Waals surface area (Å²) in [5.41, 5.74) is 1.90. The smallest absolute Gasteiger partial charge is 0.264 e. The molecule has 0 unspecified atom stereocenters. The van der Waals surface area contributed by atoms with E-state index >= 15 is 0 Å². The van der Waals surface area contributed by atoms with Crippen molar-refractivity contribution in [3.8, 4) is 0 Å². The molecule has 0 aromatic heterocycles. The fraction of sp³-hybridized carbons (Fsp3) is 0.118. The maximum Gasteiger partial charge on any atom is 0.264 e. The molecule has 23 heavy (non-hydrogen) atoms.